The van der Waals surface area contributed by atoms with Crippen molar-refractivity contribution < 1.29 is 19.2 Å². The van der Waals surface area contributed by atoms with Crippen LogP contribution in [-0.4, -0.2) is 61.6 Å². The zero-order valence-corrected chi connectivity index (χ0v) is 16.5. The fraction of sp³-hybridized carbons (Fsp3) is 0.444. The van der Waals surface area contributed by atoms with E-state index in [2.05, 4.69) is 25.0 Å². The van der Waals surface area contributed by atoms with Crippen molar-refractivity contribution in [2.45, 2.75) is 32.6 Å². The van der Waals surface area contributed by atoms with Crippen LogP contribution in [-0.2, 0) is 14.4 Å². The number of nitrogens with zero attached hydrogens (tertiary/aromatic N) is 2. The standard InChI is InChI=1S/C18H24N3O4Si/c1-5-20-10-11-21(17(24)16(20)23)18(25)19-15(12-22)13-6-8-14(9-7-13)26(2,3)4/h6-9,15H,5,10-11H2,1-4H3,(H,19,25). The quantitative estimate of drug-likeness (QED) is 0.610. The number of amides is 4. The molecular formula is C18H24N3O4Si. The molecule has 1 N–H and O–H groups in total. The van der Waals surface area contributed by atoms with E-state index in [4.69, 9.17) is 0 Å². The number of piperazine rings is 1. The van der Waals surface area contributed by atoms with E-state index in [9.17, 15) is 19.2 Å². The lowest BCUT2D eigenvalue weighted by molar-refractivity contribution is -0.153. The second kappa shape index (κ2) is 7.82. The number of carbonyl (C=O) groups is 3. The molecule has 26 heavy (non-hydrogen) atoms. The first-order valence-electron chi connectivity index (χ1n) is 8.58. The molecule has 1 aliphatic heterocycles. The van der Waals surface area contributed by atoms with Crippen LogP contribution in [0, 0.1) is 0 Å². The Morgan fingerprint density at radius 3 is 2.27 bits per heavy atom. The number of hydrogen-bond acceptors (Lipinski definition) is 4. The zero-order chi connectivity index (χ0) is 19.5. The highest BCUT2D eigenvalue weighted by molar-refractivity contribution is 6.88. The number of hydrogen-bond donors (Lipinski definition) is 1. The molecule has 0 saturated carbocycles. The molecule has 0 bridgehead atoms. The van der Waals surface area contributed by atoms with Gasteiger partial charge in [0.2, 0.25) is 6.29 Å². The van der Waals surface area contributed by atoms with E-state index >= 15 is 0 Å². The van der Waals surface area contributed by atoms with Crippen molar-refractivity contribution >= 4 is 37.4 Å². The van der Waals surface area contributed by atoms with Crippen molar-refractivity contribution in [2.24, 2.45) is 0 Å². The molecule has 1 radical (unpaired) electrons. The van der Waals surface area contributed by atoms with Crippen LogP contribution in [0.1, 0.15) is 18.5 Å². The van der Waals surface area contributed by atoms with E-state index in [1.54, 1.807) is 25.3 Å². The van der Waals surface area contributed by atoms with Gasteiger partial charge in [-0.15, -0.1) is 0 Å². The van der Waals surface area contributed by atoms with Crippen molar-refractivity contribution in [3.8, 4) is 0 Å². The lowest BCUT2D eigenvalue weighted by atomic mass is 10.1. The highest BCUT2D eigenvalue weighted by Gasteiger charge is 2.36. The summed E-state index contributed by atoms with van der Waals surface area (Å²) in [5.41, 5.74) is 0.585. The molecule has 1 heterocycles. The van der Waals surface area contributed by atoms with Gasteiger partial charge >= 0.3 is 17.8 Å². The molecule has 7 nitrogen and oxygen atoms in total. The molecule has 1 saturated heterocycles. The monoisotopic (exact) mass is 374 g/mol. The summed E-state index contributed by atoms with van der Waals surface area (Å²) in [6.07, 6.45) is 1.79. The van der Waals surface area contributed by atoms with E-state index < -0.39 is 32.0 Å². The minimum atomic E-state index is -1.47. The lowest BCUT2D eigenvalue weighted by Gasteiger charge is -2.32. The molecular weight excluding hydrogens is 350 g/mol. The first kappa shape index (κ1) is 19.8. The van der Waals surface area contributed by atoms with Crippen molar-refractivity contribution in [3.05, 3.63) is 29.8 Å². The summed E-state index contributed by atoms with van der Waals surface area (Å²) in [5, 5.41) is 3.71. The molecule has 0 aromatic heterocycles. The van der Waals surface area contributed by atoms with Crippen LogP contribution in [0.4, 0.5) is 4.79 Å². The van der Waals surface area contributed by atoms with Gasteiger partial charge in [-0.1, -0.05) is 49.1 Å². The maximum atomic E-state index is 12.4. The number of likely N-dealkylation sites (N-methyl/N-ethyl adjacent to an activating group) is 1. The molecule has 8 heteroatoms. The fourth-order valence-electron chi connectivity index (χ4n) is 2.73. The Morgan fingerprint density at radius 1 is 1.15 bits per heavy atom. The third-order valence-corrected chi connectivity index (χ3v) is 6.50. The van der Waals surface area contributed by atoms with Gasteiger partial charge in [0.25, 0.3) is 0 Å². The van der Waals surface area contributed by atoms with Crippen LogP contribution in [0.5, 0.6) is 0 Å². The molecule has 1 fully saturated rings. The van der Waals surface area contributed by atoms with E-state index in [-0.39, 0.29) is 13.1 Å². The van der Waals surface area contributed by atoms with E-state index in [1.807, 2.05) is 12.1 Å². The minimum Gasteiger partial charge on any atom is -0.333 e. The molecule has 1 unspecified atom stereocenters. The average Bonchev–Trinajstić information content (AvgIpc) is 2.61. The summed E-state index contributed by atoms with van der Waals surface area (Å²) in [7, 11) is -1.47. The molecule has 1 atom stereocenters. The Morgan fingerprint density at radius 2 is 1.77 bits per heavy atom. The van der Waals surface area contributed by atoms with Crippen LogP contribution in [0.3, 0.4) is 0 Å². The summed E-state index contributed by atoms with van der Waals surface area (Å²) >= 11 is 0. The predicted octanol–water partition coefficient (Wildman–Crippen LogP) is 0.783. The van der Waals surface area contributed by atoms with Crippen LogP contribution < -0.4 is 10.5 Å². The van der Waals surface area contributed by atoms with E-state index in [0.717, 1.165) is 4.90 Å². The first-order chi connectivity index (χ1) is 12.2. The summed E-state index contributed by atoms with van der Waals surface area (Å²) in [4.78, 5) is 49.9. The van der Waals surface area contributed by atoms with Gasteiger partial charge in [0, 0.05) is 19.6 Å². The van der Waals surface area contributed by atoms with Crippen LogP contribution >= 0.6 is 0 Å². The van der Waals surface area contributed by atoms with Crippen LogP contribution in [0.2, 0.25) is 19.6 Å². The van der Waals surface area contributed by atoms with Gasteiger partial charge < -0.3 is 10.2 Å². The number of benzene rings is 1. The van der Waals surface area contributed by atoms with Crippen LogP contribution in [0.25, 0.3) is 0 Å². The van der Waals surface area contributed by atoms with Gasteiger partial charge in [-0.3, -0.25) is 19.3 Å². The van der Waals surface area contributed by atoms with Crippen molar-refractivity contribution in [1.29, 1.82) is 0 Å². The number of carbonyl (C=O) groups excluding carboxylic acids is 4. The van der Waals surface area contributed by atoms with E-state index in [1.165, 1.54) is 10.1 Å². The smallest absolute Gasteiger partial charge is 0.325 e. The van der Waals surface area contributed by atoms with Crippen LogP contribution in [0.15, 0.2) is 24.3 Å². The topological polar surface area (TPSA) is 86.8 Å². The summed E-state index contributed by atoms with van der Waals surface area (Å²) in [6.45, 7) is 9.21. The third kappa shape index (κ3) is 4.19. The van der Waals surface area contributed by atoms with Gasteiger partial charge in [-0.25, -0.2) is 4.79 Å². The molecule has 139 valence electrons. The number of urea groups is 1. The minimum absolute atomic E-state index is 0.102. The SMILES string of the molecule is CCN1CCN(C(=O)NC([C]=O)c2ccc([Si](C)(C)C)cc2)C(=O)C1=O. The molecule has 1 aromatic rings. The molecule has 1 aromatic carbocycles. The van der Waals surface area contributed by atoms with E-state index in [0.29, 0.717) is 12.1 Å². The highest BCUT2D eigenvalue weighted by Crippen LogP contribution is 2.13. The lowest BCUT2D eigenvalue weighted by Crippen LogP contribution is -2.58. The Bertz CT molecular complexity index is 712. The molecule has 2 rings (SSSR count). The van der Waals surface area contributed by atoms with Gasteiger partial charge in [-0.05, 0) is 12.5 Å². The zero-order valence-electron chi connectivity index (χ0n) is 15.5. The first-order valence-corrected chi connectivity index (χ1v) is 12.1. The maximum Gasteiger partial charge on any atom is 0.325 e. The molecule has 4 amide bonds. The van der Waals surface area contributed by atoms with Gasteiger partial charge in [0.05, 0.1) is 8.07 Å². The molecule has 0 spiro atoms. The van der Waals surface area contributed by atoms with Crippen molar-refractivity contribution in [2.75, 3.05) is 19.6 Å². The summed E-state index contributed by atoms with van der Waals surface area (Å²) in [6, 6.07) is 5.71. The normalized spacial score (nSPS) is 16.5. The number of imide groups is 1. The van der Waals surface area contributed by atoms with Gasteiger partial charge in [0.15, 0.2) is 0 Å². The van der Waals surface area contributed by atoms with Crippen molar-refractivity contribution in [1.82, 2.24) is 15.1 Å². The average molecular weight is 374 g/mol. The number of nitrogens with one attached hydrogen (secondary N) is 1. The second-order valence-corrected chi connectivity index (χ2v) is 12.3. The second-order valence-electron chi connectivity index (χ2n) is 7.21. The highest BCUT2D eigenvalue weighted by atomic mass is 28.3. The summed E-state index contributed by atoms with van der Waals surface area (Å²) in [5.74, 6) is -1.59. The number of rotatable bonds is 5. The van der Waals surface area contributed by atoms with Crippen molar-refractivity contribution in [3.63, 3.8) is 0 Å². The van der Waals surface area contributed by atoms with Gasteiger partial charge in [0.1, 0.15) is 6.04 Å². The van der Waals surface area contributed by atoms with Gasteiger partial charge in [-0.2, -0.15) is 0 Å². The Kier molecular flexibility index (Phi) is 5.96. The fourth-order valence-corrected chi connectivity index (χ4v) is 3.89. The largest absolute Gasteiger partial charge is 0.333 e. The Hall–Kier alpha value is -2.48. The Balaban J connectivity index is 2.10. The predicted molar refractivity (Wildman–Crippen MR) is 100 cm³/mol. The summed E-state index contributed by atoms with van der Waals surface area (Å²) < 4.78 is 0. The maximum absolute atomic E-state index is 12.4. The molecule has 1 aliphatic rings. The molecule has 0 aliphatic carbocycles. The Labute approximate surface area is 154 Å². The third-order valence-electron chi connectivity index (χ3n) is 4.43.